The van der Waals surface area contributed by atoms with E-state index in [9.17, 15) is 9.18 Å². The first-order chi connectivity index (χ1) is 6.72. The summed E-state index contributed by atoms with van der Waals surface area (Å²) in [4.78, 5) is 11.5. The van der Waals surface area contributed by atoms with Crippen molar-refractivity contribution in [3.63, 3.8) is 0 Å². The summed E-state index contributed by atoms with van der Waals surface area (Å²) in [5.41, 5.74) is 2.21. The van der Waals surface area contributed by atoms with Crippen molar-refractivity contribution in [3.05, 3.63) is 29.1 Å². The molecule has 74 valence electrons. The molecule has 0 radical (unpaired) electrons. The van der Waals surface area contributed by atoms with Crippen LogP contribution in [0.1, 0.15) is 29.3 Å². The van der Waals surface area contributed by atoms with E-state index in [-0.39, 0.29) is 11.6 Å². The number of anilines is 1. The quantitative estimate of drug-likeness (QED) is 0.742. The van der Waals surface area contributed by atoms with Crippen molar-refractivity contribution in [2.45, 2.75) is 19.8 Å². The number of aryl methyl sites for hydroxylation is 1. The van der Waals surface area contributed by atoms with Gasteiger partial charge in [0.2, 0.25) is 0 Å². The van der Waals surface area contributed by atoms with Gasteiger partial charge >= 0.3 is 0 Å². The van der Waals surface area contributed by atoms with Crippen LogP contribution >= 0.6 is 0 Å². The molecule has 2 rings (SSSR count). The Kier molecular flexibility index (Phi) is 2.23. The third-order valence-corrected chi connectivity index (χ3v) is 2.52. The molecule has 1 aromatic carbocycles. The van der Waals surface area contributed by atoms with E-state index in [1.807, 2.05) is 6.92 Å². The lowest BCUT2D eigenvalue weighted by Gasteiger charge is -2.19. The van der Waals surface area contributed by atoms with Gasteiger partial charge < -0.3 is 5.32 Å². The number of halogens is 1. The van der Waals surface area contributed by atoms with Gasteiger partial charge in [0, 0.05) is 24.2 Å². The van der Waals surface area contributed by atoms with Crippen LogP contribution in [-0.4, -0.2) is 12.3 Å². The monoisotopic (exact) mass is 193 g/mol. The van der Waals surface area contributed by atoms with E-state index in [4.69, 9.17) is 0 Å². The molecule has 1 aliphatic rings. The molecule has 14 heavy (non-hydrogen) atoms. The van der Waals surface area contributed by atoms with E-state index in [0.29, 0.717) is 18.5 Å². The van der Waals surface area contributed by atoms with Crippen molar-refractivity contribution in [3.8, 4) is 0 Å². The Morgan fingerprint density at radius 1 is 1.50 bits per heavy atom. The van der Waals surface area contributed by atoms with Crippen molar-refractivity contribution in [1.29, 1.82) is 0 Å². The highest BCUT2D eigenvalue weighted by Crippen LogP contribution is 2.27. The SMILES string of the molecule is CCc1cc(F)cc2c1NCCC2=O. The van der Waals surface area contributed by atoms with Crippen LogP contribution in [0.2, 0.25) is 0 Å². The third-order valence-electron chi connectivity index (χ3n) is 2.52. The summed E-state index contributed by atoms with van der Waals surface area (Å²) in [6, 6.07) is 2.81. The Labute approximate surface area is 82.1 Å². The van der Waals surface area contributed by atoms with Crippen LogP contribution in [0.25, 0.3) is 0 Å². The number of Topliss-reactive ketones (excluding diaryl/α,β-unsaturated/α-hetero) is 1. The Balaban J connectivity index is 2.60. The molecular weight excluding hydrogens is 181 g/mol. The minimum Gasteiger partial charge on any atom is -0.384 e. The van der Waals surface area contributed by atoms with Crippen LogP contribution in [0.15, 0.2) is 12.1 Å². The van der Waals surface area contributed by atoms with Gasteiger partial charge in [0.05, 0.1) is 0 Å². The molecule has 0 bridgehead atoms. The summed E-state index contributed by atoms with van der Waals surface area (Å²) < 4.78 is 13.1. The topological polar surface area (TPSA) is 29.1 Å². The normalized spacial score (nSPS) is 14.9. The average molecular weight is 193 g/mol. The number of ketones is 1. The number of fused-ring (bicyclic) bond motifs is 1. The minimum atomic E-state index is -0.322. The first kappa shape index (κ1) is 9.19. The zero-order valence-corrected chi connectivity index (χ0v) is 8.06. The second-order valence-electron chi connectivity index (χ2n) is 3.44. The van der Waals surface area contributed by atoms with E-state index < -0.39 is 0 Å². The largest absolute Gasteiger partial charge is 0.384 e. The molecule has 3 heteroatoms. The van der Waals surface area contributed by atoms with Gasteiger partial charge in [-0.15, -0.1) is 0 Å². The molecule has 0 aliphatic carbocycles. The number of hydrogen-bond donors (Lipinski definition) is 1. The second-order valence-corrected chi connectivity index (χ2v) is 3.44. The molecule has 0 amide bonds. The fraction of sp³-hybridized carbons (Fsp3) is 0.364. The Hall–Kier alpha value is -1.38. The molecule has 0 spiro atoms. The van der Waals surface area contributed by atoms with Crippen molar-refractivity contribution < 1.29 is 9.18 Å². The minimum absolute atomic E-state index is 0.0351. The first-order valence-electron chi connectivity index (χ1n) is 4.82. The number of nitrogens with one attached hydrogen (secondary N) is 1. The molecule has 0 fully saturated rings. The number of carbonyl (C=O) groups is 1. The molecule has 2 nitrogen and oxygen atoms in total. The highest BCUT2D eigenvalue weighted by atomic mass is 19.1. The van der Waals surface area contributed by atoms with Gasteiger partial charge in [-0.2, -0.15) is 0 Å². The molecule has 1 aromatic rings. The number of benzene rings is 1. The Bertz CT molecular complexity index is 387. The van der Waals surface area contributed by atoms with Crippen molar-refractivity contribution in [1.82, 2.24) is 0 Å². The van der Waals surface area contributed by atoms with Crippen molar-refractivity contribution in [2.24, 2.45) is 0 Å². The van der Waals surface area contributed by atoms with Gasteiger partial charge in [-0.1, -0.05) is 6.92 Å². The maximum atomic E-state index is 13.1. The van der Waals surface area contributed by atoms with Gasteiger partial charge in [0.1, 0.15) is 5.82 Å². The lowest BCUT2D eigenvalue weighted by atomic mass is 9.97. The third kappa shape index (κ3) is 1.39. The summed E-state index contributed by atoms with van der Waals surface area (Å²) in [6.07, 6.45) is 1.19. The smallest absolute Gasteiger partial charge is 0.166 e. The van der Waals surface area contributed by atoms with Crippen LogP contribution in [-0.2, 0) is 6.42 Å². The number of rotatable bonds is 1. The molecule has 1 heterocycles. The maximum absolute atomic E-state index is 13.1. The fourth-order valence-corrected chi connectivity index (χ4v) is 1.81. The highest BCUT2D eigenvalue weighted by molar-refractivity contribution is 6.03. The van der Waals surface area contributed by atoms with Crippen LogP contribution in [0.4, 0.5) is 10.1 Å². The molecular formula is C11H12FNO. The Morgan fingerprint density at radius 3 is 3.00 bits per heavy atom. The van der Waals surface area contributed by atoms with E-state index in [1.54, 1.807) is 0 Å². The van der Waals surface area contributed by atoms with Crippen molar-refractivity contribution >= 4 is 11.5 Å². The molecule has 0 atom stereocenters. The van der Waals surface area contributed by atoms with Crippen LogP contribution in [0, 0.1) is 5.82 Å². The van der Waals surface area contributed by atoms with Gasteiger partial charge in [-0.3, -0.25) is 4.79 Å². The zero-order valence-electron chi connectivity index (χ0n) is 8.06. The molecule has 0 unspecified atom stereocenters. The lowest BCUT2D eigenvalue weighted by molar-refractivity contribution is 0.0983. The van der Waals surface area contributed by atoms with E-state index in [2.05, 4.69) is 5.32 Å². The zero-order chi connectivity index (χ0) is 10.1. The predicted molar refractivity (Wildman–Crippen MR) is 53.2 cm³/mol. The first-order valence-corrected chi connectivity index (χ1v) is 4.82. The van der Waals surface area contributed by atoms with Crippen LogP contribution in [0.5, 0.6) is 0 Å². The second kappa shape index (κ2) is 3.40. The molecule has 0 aromatic heterocycles. The summed E-state index contributed by atoms with van der Waals surface area (Å²) in [5, 5.41) is 3.15. The van der Waals surface area contributed by atoms with Gasteiger partial charge in [-0.05, 0) is 24.1 Å². The molecule has 1 aliphatic heterocycles. The van der Waals surface area contributed by atoms with E-state index >= 15 is 0 Å². The summed E-state index contributed by atoms with van der Waals surface area (Å²) >= 11 is 0. The standard InChI is InChI=1S/C11H12FNO/c1-2-7-5-8(12)6-9-10(14)3-4-13-11(7)9/h5-6,13H,2-4H2,1H3. The van der Waals surface area contributed by atoms with E-state index in [0.717, 1.165) is 17.7 Å². The highest BCUT2D eigenvalue weighted by Gasteiger charge is 2.19. The average Bonchev–Trinajstić information content (AvgIpc) is 2.18. The molecule has 0 saturated carbocycles. The summed E-state index contributed by atoms with van der Waals surface area (Å²) in [5.74, 6) is -0.286. The summed E-state index contributed by atoms with van der Waals surface area (Å²) in [7, 11) is 0. The van der Waals surface area contributed by atoms with Crippen LogP contribution in [0.3, 0.4) is 0 Å². The molecule has 1 N–H and O–H groups in total. The van der Waals surface area contributed by atoms with Gasteiger partial charge in [-0.25, -0.2) is 4.39 Å². The van der Waals surface area contributed by atoms with Crippen LogP contribution < -0.4 is 5.32 Å². The fourth-order valence-electron chi connectivity index (χ4n) is 1.81. The van der Waals surface area contributed by atoms with Gasteiger partial charge in [0.25, 0.3) is 0 Å². The number of hydrogen-bond acceptors (Lipinski definition) is 2. The predicted octanol–water partition coefficient (Wildman–Crippen LogP) is 2.39. The Morgan fingerprint density at radius 2 is 2.29 bits per heavy atom. The lowest BCUT2D eigenvalue weighted by Crippen LogP contribution is -2.19. The number of carbonyl (C=O) groups excluding carboxylic acids is 1. The van der Waals surface area contributed by atoms with Crippen molar-refractivity contribution in [2.75, 3.05) is 11.9 Å². The van der Waals surface area contributed by atoms with E-state index in [1.165, 1.54) is 12.1 Å². The maximum Gasteiger partial charge on any atom is 0.166 e. The summed E-state index contributed by atoms with van der Waals surface area (Å²) in [6.45, 7) is 2.61. The molecule has 0 saturated heterocycles. The van der Waals surface area contributed by atoms with Gasteiger partial charge in [0.15, 0.2) is 5.78 Å².